The van der Waals surface area contributed by atoms with E-state index in [2.05, 4.69) is 20.6 Å². The Bertz CT molecular complexity index is 1020. The van der Waals surface area contributed by atoms with Crippen LogP contribution in [0.5, 0.6) is 0 Å². The van der Waals surface area contributed by atoms with Gasteiger partial charge in [-0.15, -0.1) is 0 Å². The van der Waals surface area contributed by atoms with Crippen molar-refractivity contribution in [3.05, 3.63) is 95.8 Å². The van der Waals surface area contributed by atoms with Crippen LogP contribution in [0, 0.1) is 0 Å². The summed E-state index contributed by atoms with van der Waals surface area (Å²) in [4.78, 5) is 33.7. The quantitative estimate of drug-likeness (QED) is 0.757. The number of anilines is 1. The van der Waals surface area contributed by atoms with E-state index in [1.54, 1.807) is 12.1 Å². The number of carbonyl (C=O) groups excluding carboxylic acids is 2. The van der Waals surface area contributed by atoms with Gasteiger partial charge in [0.1, 0.15) is 0 Å². The van der Waals surface area contributed by atoms with Gasteiger partial charge in [-0.05, 0) is 18.2 Å². The number of aromatic nitrogens is 1. The topological polar surface area (TPSA) is 83.5 Å². The van der Waals surface area contributed by atoms with E-state index in [9.17, 15) is 9.59 Å². The Morgan fingerprint density at radius 2 is 1.63 bits per heavy atom. The molecule has 1 aliphatic heterocycles. The summed E-state index contributed by atoms with van der Waals surface area (Å²) >= 11 is 0. The monoisotopic (exact) mass is 356 g/mol. The molecule has 0 saturated heterocycles. The van der Waals surface area contributed by atoms with Gasteiger partial charge in [-0.3, -0.25) is 14.6 Å². The lowest BCUT2D eigenvalue weighted by atomic mass is 10.0. The molecular formula is C21H16N4O2. The summed E-state index contributed by atoms with van der Waals surface area (Å²) in [5.41, 5.74) is 3.38. The van der Waals surface area contributed by atoms with Gasteiger partial charge in [0.05, 0.1) is 11.4 Å². The van der Waals surface area contributed by atoms with E-state index >= 15 is 0 Å². The molecule has 2 N–H and O–H groups in total. The molecule has 2 amide bonds. The van der Waals surface area contributed by atoms with Gasteiger partial charge in [0.15, 0.2) is 0 Å². The molecule has 1 aromatic heterocycles. The van der Waals surface area contributed by atoms with E-state index in [4.69, 9.17) is 0 Å². The Labute approximate surface area is 156 Å². The minimum atomic E-state index is -1.05. The number of nitrogens with one attached hydrogen (secondary N) is 2. The van der Waals surface area contributed by atoms with Crippen LogP contribution in [0.1, 0.15) is 21.5 Å². The third-order valence-electron chi connectivity index (χ3n) is 4.20. The van der Waals surface area contributed by atoms with Crippen LogP contribution in [0.4, 0.5) is 5.69 Å². The first-order chi connectivity index (χ1) is 13.2. The van der Waals surface area contributed by atoms with Crippen molar-refractivity contribution in [1.82, 2.24) is 10.3 Å². The maximum Gasteiger partial charge on any atom is 0.269 e. The number of benzodiazepines with no additional fused rings is 1. The van der Waals surface area contributed by atoms with Crippen LogP contribution in [0.15, 0.2) is 84.1 Å². The number of hydrogen-bond donors (Lipinski definition) is 2. The van der Waals surface area contributed by atoms with E-state index in [-0.39, 0.29) is 5.91 Å². The van der Waals surface area contributed by atoms with Crippen molar-refractivity contribution in [3.8, 4) is 0 Å². The molecule has 0 bridgehead atoms. The van der Waals surface area contributed by atoms with E-state index in [1.165, 1.54) is 12.4 Å². The first-order valence-electron chi connectivity index (χ1n) is 8.47. The average Bonchev–Trinajstić information content (AvgIpc) is 2.86. The van der Waals surface area contributed by atoms with Crippen LogP contribution in [0.25, 0.3) is 0 Å². The van der Waals surface area contributed by atoms with Crippen LogP contribution in [0.2, 0.25) is 0 Å². The lowest BCUT2D eigenvalue weighted by Gasteiger charge is -2.13. The average molecular weight is 356 g/mol. The number of aliphatic imine (C=N–C) groups is 1. The van der Waals surface area contributed by atoms with E-state index < -0.39 is 12.1 Å². The molecule has 2 heterocycles. The molecule has 6 nitrogen and oxygen atoms in total. The first kappa shape index (κ1) is 16.7. The minimum absolute atomic E-state index is 0.389. The second-order valence-corrected chi connectivity index (χ2v) is 5.99. The zero-order chi connectivity index (χ0) is 18.6. The molecule has 1 aliphatic rings. The number of carbonyl (C=O) groups is 2. The van der Waals surface area contributed by atoms with Crippen LogP contribution in [-0.2, 0) is 4.79 Å². The number of amides is 2. The molecule has 1 unspecified atom stereocenters. The van der Waals surface area contributed by atoms with Crippen LogP contribution in [0.3, 0.4) is 0 Å². The highest BCUT2D eigenvalue weighted by Gasteiger charge is 2.27. The van der Waals surface area contributed by atoms with Gasteiger partial charge in [-0.1, -0.05) is 48.5 Å². The largest absolute Gasteiger partial charge is 0.322 e. The number of fused-ring (bicyclic) bond motifs is 1. The normalized spacial score (nSPS) is 15.8. The standard InChI is InChI=1S/C21H16N4O2/c26-20(15-10-12-22-13-11-15)25-19-21(27)23-17-9-5-4-8-16(17)18(24-19)14-6-2-1-3-7-14/h1-13,19H,(H,23,27)(H,25,26). The van der Waals surface area contributed by atoms with Gasteiger partial charge >= 0.3 is 0 Å². The lowest BCUT2D eigenvalue weighted by Crippen LogP contribution is -2.42. The Morgan fingerprint density at radius 1 is 0.926 bits per heavy atom. The molecule has 0 fully saturated rings. The summed E-state index contributed by atoms with van der Waals surface area (Å²) in [6, 6.07) is 20.2. The van der Waals surface area contributed by atoms with Crippen LogP contribution < -0.4 is 10.6 Å². The Kier molecular flexibility index (Phi) is 4.45. The number of rotatable bonds is 3. The summed E-state index contributed by atoms with van der Waals surface area (Å²) in [7, 11) is 0. The Morgan fingerprint density at radius 3 is 2.41 bits per heavy atom. The van der Waals surface area contributed by atoms with E-state index in [0.29, 0.717) is 17.0 Å². The van der Waals surface area contributed by atoms with Gasteiger partial charge in [0, 0.05) is 29.1 Å². The summed E-state index contributed by atoms with van der Waals surface area (Å²) < 4.78 is 0. The molecule has 4 rings (SSSR count). The van der Waals surface area contributed by atoms with E-state index in [1.807, 2.05) is 54.6 Å². The third-order valence-corrected chi connectivity index (χ3v) is 4.20. The molecular weight excluding hydrogens is 340 g/mol. The number of pyridine rings is 1. The fourth-order valence-corrected chi connectivity index (χ4v) is 2.89. The van der Waals surface area contributed by atoms with Crippen molar-refractivity contribution in [2.75, 3.05) is 5.32 Å². The zero-order valence-corrected chi connectivity index (χ0v) is 14.3. The third kappa shape index (κ3) is 3.46. The minimum Gasteiger partial charge on any atom is -0.322 e. The van der Waals surface area contributed by atoms with Gasteiger partial charge in [0.25, 0.3) is 11.8 Å². The highest BCUT2D eigenvalue weighted by molar-refractivity contribution is 6.20. The number of benzene rings is 2. The van der Waals surface area contributed by atoms with Gasteiger partial charge in [-0.25, -0.2) is 4.99 Å². The lowest BCUT2D eigenvalue weighted by molar-refractivity contribution is -0.117. The molecule has 1 atom stereocenters. The van der Waals surface area contributed by atoms with Gasteiger partial charge in [-0.2, -0.15) is 0 Å². The van der Waals surface area contributed by atoms with Crippen molar-refractivity contribution in [2.45, 2.75) is 6.17 Å². The Hall–Kier alpha value is -3.80. The van der Waals surface area contributed by atoms with Crippen molar-refractivity contribution < 1.29 is 9.59 Å². The van der Waals surface area contributed by atoms with Crippen molar-refractivity contribution in [2.24, 2.45) is 4.99 Å². The molecule has 0 spiro atoms. The number of hydrogen-bond acceptors (Lipinski definition) is 4. The Balaban J connectivity index is 1.74. The van der Waals surface area contributed by atoms with Gasteiger partial charge in [0.2, 0.25) is 6.17 Å². The molecule has 27 heavy (non-hydrogen) atoms. The highest BCUT2D eigenvalue weighted by atomic mass is 16.2. The van der Waals surface area contributed by atoms with Gasteiger partial charge < -0.3 is 10.6 Å². The maximum absolute atomic E-state index is 12.7. The summed E-state index contributed by atoms with van der Waals surface area (Å²) in [6.07, 6.45) is 2.00. The van der Waals surface area contributed by atoms with E-state index in [0.717, 1.165) is 11.1 Å². The SMILES string of the molecule is O=C(NC1N=C(c2ccccc2)c2ccccc2NC1=O)c1ccncc1. The summed E-state index contributed by atoms with van der Waals surface area (Å²) in [5, 5.41) is 5.54. The predicted molar refractivity (Wildman–Crippen MR) is 103 cm³/mol. The molecule has 0 aliphatic carbocycles. The molecule has 3 aromatic rings. The van der Waals surface area contributed by atoms with Crippen molar-refractivity contribution in [3.63, 3.8) is 0 Å². The first-order valence-corrected chi connectivity index (χ1v) is 8.47. The summed E-state index contributed by atoms with van der Waals surface area (Å²) in [5.74, 6) is -0.782. The number of nitrogens with zero attached hydrogens (tertiary/aromatic N) is 2. The molecule has 6 heteroatoms. The zero-order valence-electron chi connectivity index (χ0n) is 14.3. The molecule has 0 radical (unpaired) electrons. The fraction of sp³-hybridized carbons (Fsp3) is 0.0476. The smallest absolute Gasteiger partial charge is 0.269 e. The van der Waals surface area contributed by atoms with Crippen molar-refractivity contribution >= 4 is 23.2 Å². The highest BCUT2D eigenvalue weighted by Crippen LogP contribution is 2.23. The predicted octanol–water partition coefficient (Wildman–Crippen LogP) is 2.63. The second-order valence-electron chi connectivity index (χ2n) is 5.99. The fourth-order valence-electron chi connectivity index (χ4n) is 2.89. The maximum atomic E-state index is 12.7. The molecule has 0 saturated carbocycles. The second kappa shape index (κ2) is 7.21. The molecule has 132 valence electrons. The van der Waals surface area contributed by atoms with Crippen molar-refractivity contribution in [1.29, 1.82) is 0 Å². The summed E-state index contributed by atoms with van der Waals surface area (Å²) in [6.45, 7) is 0. The van der Waals surface area contributed by atoms with Crippen LogP contribution >= 0.6 is 0 Å². The molecule has 2 aromatic carbocycles. The number of para-hydroxylation sites is 1. The van der Waals surface area contributed by atoms with Crippen LogP contribution in [-0.4, -0.2) is 28.7 Å².